The minimum absolute atomic E-state index is 0.200. The Labute approximate surface area is 85.0 Å². The van der Waals surface area contributed by atoms with E-state index >= 15 is 0 Å². The third-order valence-corrected chi connectivity index (χ3v) is 2.06. The van der Waals surface area contributed by atoms with E-state index in [-0.39, 0.29) is 6.61 Å². The SMILES string of the molecule is CCN(C)CCNC(COC)C(=O)O. The molecule has 0 bridgehead atoms. The third-order valence-electron chi connectivity index (χ3n) is 2.06. The number of rotatable bonds is 8. The van der Waals surface area contributed by atoms with E-state index in [1.54, 1.807) is 0 Å². The van der Waals surface area contributed by atoms with Crippen LogP contribution in [0.25, 0.3) is 0 Å². The summed E-state index contributed by atoms with van der Waals surface area (Å²) >= 11 is 0. The molecule has 0 aliphatic carbocycles. The van der Waals surface area contributed by atoms with Crippen LogP contribution in [-0.2, 0) is 9.53 Å². The highest BCUT2D eigenvalue weighted by Gasteiger charge is 2.15. The second kappa shape index (κ2) is 7.73. The van der Waals surface area contributed by atoms with E-state index in [1.807, 2.05) is 7.05 Å². The number of hydrogen-bond acceptors (Lipinski definition) is 4. The fourth-order valence-corrected chi connectivity index (χ4v) is 0.972. The van der Waals surface area contributed by atoms with Crippen molar-refractivity contribution in [3.8, 4) is 0 Å². The van der Waals surface area contributed by atoms with Gasteiger partial charge in [0.15, 0.2) is 0 Å². The first-order chi connectivity index (χ1) is 6.61. The van der Waals surface area contributed by atoms with Gasteiger partial charge in [0.05, 0.1) is 6.61 Å². The fraction of sp³-hybridized carbons (Fsp3) is 0.889. The number of carbonyl (C=O) groups is 1. The Morgan fingerprint density at radius 3 is 2.71 bits per heavy atom. The largest absolute Gasteiger partial charge is 0.480 e. The summed E-state index contributed by atoms with van der Waals surface area (Å²) in [5.41, 5.74) is 0. The van der Waals surface area contributed by atoms with Gasteiger partial charge >= 0.3 is 5.97 Å². The minimum Gasteiger partial charge on any atom is -0.480 e. The van der Waals surface area contributed by atoms with Crippen LogP contribution in [0.4, 0.5) is 0 Å². The van der Waals surface area contributed by atoms with Crippen molar-refractivity contribution >= 4 is 5.97 Å². The molecule has 84 valence electrons. The van der Waals surface area contributed by atoms with E-state index in [0.29, 0.717) is 6.54 Å². The normalized spacial score (nSPS) is 13.1. The van der Waals surface area contributed by atoms with Crippen LogP contribution in [0.1, 0.15) is 6.92 Å². The molecule has 1 atom stereocenters. The summed E-state index contributed by atoms with van der Waals surface area (Å²) in [4.78, 5) is 12.8. The lowest BCUT2D eigenvalue weighted by molar-refractivity contribution is -0.140. The molecule has 0 rings (SSSR count). The number of carboxylic acids is 1. The van der Waals surface area contributed by atoms with Gasteiger partial charge in [0.2, 0.25) is 0 Å². The summed E-state index contributed by atoms with van der Waals surface area (Å²) in [7, 11) is 3.49. The molecule has 0 amide bonds. The van der Waals surface area contributed by atoms with Gasteiger partial charge in [0, 0.05) is 20.2 Å². The van der Waals surface area contributed by atoms with Gasteiger partial charge < -0.3 is 20.1 Å². The van der Waals surface area contributed by atoms with E-state index in [0.717, 1.165) is 13.1 Å². The van der Waals surface area contributed by atoms with E-state index < -0.39 is 12.0 Å². The van der Waals surface area contributed by atoms with Crippen LogP contribution in [0.3, 0.4) is 0 Å². The van der Waals surface area contributed by atoms with Crippen LogP contribution < -0.4 is 5.32 Å². The Hall–Kier alpha value is -0.650. The van der Waals surface area contributed by atoms with Crippen LogP contribution in [0.2, 0.25) is 0 Å². The molecule has 0 heterocycles. The molecular weight excluding hydrogens is 184 g/mol. The van der Waals surface area contributed by atoms with E-state index in [2.05, 4.69) is 17.1 Å². The highest BCUT2D eigenvalue weighted by atomic mass is 16.5. The molecule has 0 aromatic heterocycles. The average Bonchev–Trinajstić information content (AvgIpc) is 2.16. The highest BCUT2D eigenvalue weighted by Crippen LogP contribution is 1.86. The summed E-state index contributed by atoms with van der Waals surface area (Å²) in [6.45, 7) is 4.72. The molecule has 0 saturated heterocycles. The molecule has 14 heavy (non-hydrogen) atoms. The van der Waals surface area contributed by atoms with Gasteiger partial charge in [0.1, 0.15) is 6.04 Å². The van der Waals surface area contributed by atoms with Crippen LogP contribution in [0.15, 0.2) is 0 Å². The summed E-state index contributed by atoms with van der Waals surface area (Å²) in [6.07, 6.45) is 0. The number of hydrogen-bond donors (Lipinski definition) is 2. The zero-order valence-electron chi connectivity index (χ0n) is 9.12. The van der Waals surface area contributed by atoms with Crippen LogP contribution in [0, 0.1) is 0 Å². The van der Waals surface area contributed by atoms with Gasteiger partial charge in [-0.15, -0.1) is 0 Å². The molecule has 0 aromatic rings. The topological polar surface area (TPSA) is 61.8 Å². The van der Waals surface area contributed by atoms with Gasteiger partial charge in [-0.05, 0) is 13.6 Å². The summed E-state index contributed by atoms with van der Waals surface area (Å²) in [5.74, 6) is -0.869. The maximum Gasteiger partial charge on any atom is 0.323 e. The van der Waals surface area contributed by atoms with Gasteiger partial charge in [0.25, 0.3) is 0 Å². The predicted molar refractivity (Wildman–Crippen MR) is 54.5 cm³/mol. The second-order valence-electron chi connectivity index (χ2n) is 3.20. The predicted octanol–water partition coefficient (Wildman–Crippen LogP) is -0.373. The third kappa shape index (κ3) is 5.90. The number of nitrogens with zero attached hydrogens (tertiary/aromatic N) is 1. The van der Waals surface area contributed by atoms with Crippen LogP contribution >= 0.6 is 0 Å². The zero-order chi connectivity index (χ0) is 11.0. The lowest BCUT2D eigenvalue weighted by atomic mass is 10.3. The molecule has 0 aliphatic heterocycles. The first-order valence-corrected chi connectivity index (χ1v) is 4.75. The van der Waals surface area contributed by atoms with Crippen molar-refractivity contribution in [3.05, 3.63) is 0 Å². The zero-order valence-corrected chi connectivity index (χ0v) is 9.12. The molecule has 2 N–H and O–H groups in total. The summed E-state index contributed by atoms with van der Waals surface area (Å²) in [5, 5.41) is 11.7. The van der Waals surface area contributed by atoms with E-state index in [9.17, 15) is 4.79 Å². The van der Waals surface area contributed by atoms with Crippen molar-refractivity contribution < 1.29 is 14.6 Å². The molecule has 0 aliphatic rings. The molecule has 0 fully saturated rings. The monoisotopic (exact) mass is 204 g/mol. The summed E-state index contributed by atoms with van der Waals surface area (Å²) in [6, 6.07) is -0.606. The molecule has 0 radical (unpaired) electrons. The number of likely N-dealkylation sites (N-methyl/N-ethyl adjacent to an activating group) is 1. The Morgan fingerprint density at radius 1 is 1.64 bits per heavy atom. The first-order valence-electron chi connectivity index (χ1n) is 4.75. The fourth-order valence-electron chi connectivity index (χ4n) is 0.972. The van der Waals surface area contributed by atoms with Gasteiger partial charge in [-0.1, -0.05) is 6.92 Å². The Bertz CT molecular complexity index is 164. The number of ether oxygens (including phenoxy) is 1. The van der Waals surface area contributed by atoms with Crippen molar-refractivity contribution in [2.45, 2.75) is 13.0 Å². The van der Waals surface area contributed by atoms with Crippen molar-refractivity contribution in [2.24, 2.45) is 0 Å². The lowest BCUT2D eigenvalue weighted by Gasteiger charge is -2.17. The smallest absolute Gasteiger partial charge is 0.323 e. The highest BCUT2D eigenvalue weighted by molar-refractivity contribution is 5.73. The molecule has 5 nitrogen and oxygen atoms in total. The Kier molecular flexibility index (Phi) is 7.37. The quantitative estimate of drug-likeness (QED) is 0.565. The first kappa shape index (κ1) is 13.4. The van der Waals surface area contributed by atoms with Crippen molar-refractivity contribution in [1.82, 2.24) is 10.2 Å². The average molecular weight is 204 g/mol. The number of carboxylic acid groups (broad SMARTS) is 1. The van der Waals surface area contributed by atoms with Crippen LogP contribution in [-0.4, -0.2) is 62.4 Å². The van der Waals surface area contributed by atoms with Gasteiger partial charge in [-0.3, -0.25) is 4.79 Å². The minimum atomic E-state index is -0.869. The van der Waals surface area contributed by atoms with Crippen molar-refractivity contribution in [3.63, 3.8) is 0 Å². The van der Waals surface area contributed by atoms with Crippen molar-refractivity contribution in [1.29, 1.82) is 0 Å². The van der Waals surface area contributed by atoms with E-state index in [4.69, 9.17) is 9.84 Å². The Balaban J connectivity index is 3.66. The number of nitrogens with one attached hydrogen (secondary N) is 1. The van der Waals surface area contributed by atoms with Gasteiger partial charge in [-0.2, -0.15) is 0 Å². The maximum absolute atomic E-state index is 10.7. The van der Waals surface area contributed by atoms with E-state index in [1.165, 1.54) is 7.11 Å². The molecule has 0 saturated carbocycles. The molecule has 0 spiro atoms. The molecular formula is C9H20N2O3. The van der Waals surface area contributed by atoms with Crippen LogP contribution in [0.5, 0.6) is 0 Å². The Morgan fingerprint density at radius 2 is 2.29 bits per heavy atom. The van der Waals surface area contributed by atoms with Crippen molar-refractivity contribution in [2.75, 3.05) is 40.4 Å². The standard InChI is InChI=1S/C9H20N2O3/c1-4-11(2)6-5-10-8(7-14-3)9(12)13/h8,10H,4-7H2,1-3H3,(H,12,13). The lowest BCUT2D eigenvalue weighted by Crippen LogP contribution is -2.43. The molecule has 0 aromatic carbocycles. The number of methoxy groups -OCH3 is 1. The molecule has 5 heteroatoms. The maximum atomic E-state index is 10.7. The second-order valence-corrected chi connectivity index (χ2v) is 3.20. The summed E-state index contributed by atoms with van der Waals surface area (Å²) < 4.78 is 4.79. The van der Waals surface area contributed by atoms with Gasteiger partial charge in [-0.25, -0.2) is 0 Å². The molecule has 1 unspecified atom stereocenters. The number of aliphatic carboxylic acids is 1.